The number of benzene rings is 1. The van der Waals surface area contributed by atoms with Gasteiger partial charge in [0, 0.05) is 13.2 Å². The molecular weight excluding hydrogens is 332 g/mol. The monoisotopic (exact) mass is 354 g/mol. The van der Waals surface area contributed by atoms with E-state index in [1.54, 1.807) is 13.8 Å². The molecule has 1 rings (SSSR count). The number of anilines is 1. The highest BCUT2D eigenvalue weighted by atomic mass is 16.6. The normalized spacial score (nSPS) is 11.8. The molecule has 1 atom stereocenters. The van der Waals surface area contributed by atoms with Crippen LogP contribution in [0.2, 0.25) is 0 Å². The van der Waals surface area contributed by atoms with E-state index in [4.69, 9.17) is 4.74 Å². The summed E-state index contributed by atoms with van der Waals surface area (Å²) in [5.41, 5.74) is -0.762. The maximum atomic E-state index is 11.7. The number of nitro benzene ring substituents is 2. The number of methoxy groups -OCH3 is 1. The Morgan fingerprint density at radius 2 is 1.92 bits per heavy atom. The van der Waals surface area contributed by atoms with E-state index in [2.05, 4.69) is 5.29 Å². The quantitative estimate of drug-likeness (QED) is 0.354. The second-order valence-corrected chi connectivity index (χ2v) is 5.60. The van der Waals surface area contributed by atoms with E-state index in [0.29, 0.717) is 24.8 Å². The molecule has 10 heteroatoms. The first-order chi connectivity index (χ1) is 11.8. The van der Waals surface area contributed by atoms with Crippen molar-refractivity contribution in [3.8, 4) is 0 Å². The van der Waals surface area contributed by atoms with Gasteiger partial charge >= 0.3 is 11.4 Å². The fraction of sp³-hybridized carbons (Fsp3) is 0.600. The minimum Gasteiger partial charge on any atom is -0.380 e. The van der Waals surface area contributed by atoms with Crippen LogP contribution in [-0.2, 0) is 17.8 Å². The molecule has 0 saturated heterocycles. The Kier molecular flexibility index (Phi) is 7.37. The minimum absolute atomic E-state index is 0.0979. The number of rotatable bonds is 10. The van der Waals surface area contributed by atoms with Crippen molar-refractivity contribution in [3.63, 3.8) is 0 Å². The van der Waals surface area contributed by atoms with Crippen molar-refractivity contribution in [2.24, 2.45) is 5.29 Å². The van der Waals surface area contributed by atoms with Crippen LogP contribution in [0.25, 0.3) is 0 Å². The molecule has 138 valence electrons. The maximum absolute atomic E-state index is 11.7. The lowest BCUT2D eigenvalue weighted by molar-refractivity contribution is -0.393. The number of hydrogen-bond acceptors (Lipinski definition) is 7. The SMILES string of the molecule is CCCC(C)N(N=O)c1c([N+](=O)[O-])cc(CC)c(COC)c1[N+](=O)[O-]. The topological polar surface area (TPSA) is 128 Å². The third-order valence-electron chi connectivity index (χ3n) is 3.94. The molecule has 0 heterocycles. The highest BCUT2D eigenvalue weighted by molar-refractivity contribution is 5.79. The lowest BCUT2D eigenvalue weighted by Gasteiger charge is -2.23. The summed E-state index contributed by atoms with van der Waals surface area (Å²) in [7, 11) is 1.37. The molecule has 0 aliphatic carbocycles. The molecule has 0 amide bonds. The molecule has 0 aliphatic rings. The molecule has 10 nitrogen and oxygen atoms in total. The average molecular weight is 354 g/mol. The van der Waals surface area contributed by atoms with Crippen LogP contribution in [0.15, 0.2) is 11.4 Å². The van der Waals surface area contributed by atoms with Gasteiger partial charge in [-0.2, -0.15) is 0 Å². The van der Waals surface area contributed by atoms with Crippen LogP contribution in [0, 0.1) is 25.1 Å². The van der Waals surface area contributed by atoms with Gasteiger partial charge in [-0.3, -0.25) is 20.2 Å². The van der Waals surface area contributed by atoms with Crippen LogP contribution in [0.1, 0.15) is 44.7 Å². The van der Waals surface area contributed by atoms with E-state index >= 15 is 0 Å². The first-order valence-corrected chi connectivity index (χ1v) is 7.92. The third kappa shape index (κ3) is 4.27. The smallest absolute Gasteiger partial charge is 0.307 e. The van der Waals surface area contributed by atoms with E-state index in [1.165, 1.54) is 13.2 Å². The summed E-state index contributed by atoms with van der Waals surface area (Å²) in [6.45, 7) is 5.15. The van der Waals surface area contributed by atoms with Gasteiger partial charge in [0.25, 0.3) is 0 Å². The predicted octanol–water partition coefficient (Wildman–Crippen LogP) is 3.89. The second kappa shape index (κ2) is 9.02. The van der Waals surface area contributed by atoms with E-state index in [9.17, 15) is 25.1 Å². The molecule has 0 bridgehead atoms. The lowest BCUT2D eigenvalue weighted by Crippen LogP contribution is -2.29. The number of hydrogen-bond donors (Lipinski definition) is 0. The minimum atomic E-state index is -0.727. The van der Waals surface area contributed by atoms with Gasteiger partial charge in [-0.05, 0) is 25.3 Å². The van der Waals surface area contributed by atoms with Gasteiger partial charge in [-0.1, -0.05) is 20.3 Å². The molecule has 1 aromatic carbocycles. The summed E-state index contributed by atoms with van der Waals surface area (Å²) < 4.78 is 5.04. The molecule has 0 spiro atoms. The number of aryl methyl sites for hydroxylation is 1. The Balaban J connectivity index is 3.87. The standard InChI is InChI=1S/C15H22N4O6/c1-5-7-10(3)17(16-20)15-13(18(21)22)8-11(6-2)12(9-25-4)14(15)19(23)24/h8,10H,5-7,9H2,1-4H3. The van der Waals surface area contributed by atoms with Crippen molar-refractivity contribution in [1.82, 2.24) is 0 Å². The van der Waals surface area contributed by atoms with Crippen LogP contribution < -0.4 is 5.01 Å². The van der Waals surface area contributed by atoms with Crippen LogP contribution in [-0.4, -0.2) is 23.0 Å². The third-order valence-corrected chi connectivity index (χ3v) is 3.94. The van der Waals surface area contributed by atoms with Gasteiger partial charge in [0.15, 0.2) is 0 Å². The Morgan fingerprint density at radius 3 is 2.32 bits per heavy atom. The van der Waals surface area contributed by atoms with E-state index in [-0.39, 0.29) is 12.2 Å². The van der Waals surface area contributed by atoms with E-state index < -0.39 is 33.0 Å². The van der Waals surface area contributed by atoms with Gasteiger partial charge in [-0.25, -0.2) is 5.01 Å². The molecule has 0 N–H and O–H groups in total. The van der Waals surface area contributed by atoms with Gasteiger partial charge in [0.2, 0.25) is 5.69 Å². The van der Waals surface area contributed by atoms with E-state index in [1.807, 2.05) is 6.92 Å². The van der Waals surface area contributed by atoms with Crippen molar-refractivity contribution >= 4 is 17.1 Å². The summed E-state index contributed by atoms with van der Waals surface area (Å²) in [5, 5.41) is 26.9. The largest absolute Gasteiger partial charge is 0.380 e. The van der Waals surface area contributed by atoms with Crippen LogP contribution in [0.5, 0.6) is 0 Å². The number of ether oxygens (including phenoxy) is 1. The fourth-order valence-electron chi connectivity index (χ4n) is 2.80. The van der Waals surface area contributed by atoms with Gasteiger partial charge < -0.3 is 4.74 Å². The highest BCUT2D eigenvalue weighted by Crippen LogP contribution is 2.43. The van der Waals surface area contributed by atoms with Gasteiger partial charge in [-0.15, -0.1) is 4.91 Å². The molecule has 0 aliphatic heterocycles. The van der Waals surface area contributed by atoms with Crippen molar-refractivity contribution in [1.29, 1.82) is 0 Å². The van der Waals surface area contributed by atoms with Crippen LogP contribution in [0.4, 0.5) is 17.1 Å². The molecule has 25 heavy (non-hydrogen) atoms. The number of nitroso groups, excluding NO2 is 1. The highest BCUT2D eigenvalue weighted by Gasteiger charge is 2.37. The first-order valence-electron chi connectivity index (χ1n) is 7.92. The predicted molar refractivity (Wildman–Crippen MR) is 92.5 cm³/mol. The molecular formula is C15H22N4O6. The number of nitro groups is 2. The Labute approximate surface area is 145 Å². The van der Waals surface area contributed by atoms with Crippen molar-refractivity contribution in [2.45, 2.75) is 52.7 Å². The second-order valence-electron chi connectivity index (χ2n) is 5.60. The van der Waals surface area contributed by atoms with Crippen molar-refractivity contribution < 1.29 is 14.6 Å². The van der Waals surface area contributed by atoms with Gasteiger partial charge in [0.05, 0.1) is 33.3 Å². The molecule has 0 saturated carbocycles. The van der Waals surface area contributed by atoms with Crippen molar-refractivity contribution in [3.05, 3.63) is 42.3 Å². The summed E-state index contributed by atoms with van der Waals surface area (Å²) in [6.07, 6.45) is 1.53. The summed E-state index contributed by atoms with van der Waals surface area (Å²) in [5.74, 6) is 0. The first kappa shape index (κ1) is 20.4. The molecule has 0 aromatic heterocycles. The molecule has 0 fully saturated rings. The molecule has 1 unspecified atom stereocenters. The Hall–Kier alpha value is -2.62. The zero-order valence-electron chi connectivity index (χ0n) is 14.7. The maximum Gasteiger partial charge on any atom is 0.307 e. The van der Waals surface area contributed by atoms with Crippen molar-refractivity contribution in [2.75, 3.05) is 12.1 Å². The summed E-state index contributed by atoms with van der Waals surface area (Å²) in [6, 6.07) is 0.732. The molecule has 0 radical (unpaired) electrons. The lowest BCUT2D eigenvalue weighted by atomic mass is 9.99. The zero-order chi connectivity index (χ0) is 19.1. The summed E-state index contributed by atoms with van der Waals surface area (Å²) in [4.78, 5) is 33.2. The number of nitrogens with zero attached hydrogens (tertiary/aromatic N) is 4. The molecule has 1 aromatic rings. The van der Waals surface area contributed by atoms with Crippen LogP contribution in [0.3, 0.4) is 0 Å². The average Bonchev–Trinajstić information content (AvgIpc) is 2.55. The van der Waals surface area contributed by atoms with Gasteiger partial charge in [0.1, 0.15) is 0 Å². The van der Waals surface area contributed by atoms with E-state index in [0.717, 1.165) is 5.01 Å². The zero-order valence-corrected chi connectivity index (χ0v) is 14.7. The Bertz CT molecular complexity index is 664. The Morgan fingerprint density at radius 1 is 1.28 bits per heavy atom. The summed E-state index contributed by atoms with van der Waals surface area (Å²) >= 11 is 0. The fourth-order valence-corrected chi connectivity index (χ4v) is 2.80. The van der Waals surface area contributed by atoms with Crippen LogP contribution >= 0.6 is 0 Å².